The van der Waals surface area contributed by atoms with Crippen molar-refractivity contribution in [2.24, 2.45) is 5.92 Å². The number of piperazine rings is 1. The number of aryl methyl sites for hydroxylation is 3. The molecular formula is C34H58FN3O3. The van der Waals surface area contributed by atoms with Gasteiger partial charge in [-0.3, -0.25) is 14.6 Å². The Morgan fingerprint density at radius 2 is 1.44 bits per heavy atom. The van der Waals surface area contributed by atoms with Crippen LogP contribution < -0.4 is 0 Å². The molecule has 0 saturated carbocycles. The second-order valence-corrected chi connectivity index (χ2v) is 11.4. The summed E-state index contributed by atoms with van der Waals surface area (Å²) in [6.07, 6.45) is 1.39. The molecule has 2 aliphatic heterocycles. The largest absolute Gasteiger partial charge is 0.480 e. The molecular weight excluding hydrogens is 517 g/mol. The van der Waals surface area contributed by atoms with Gasteiger partial charge in [-0.2, -0.15) is 0 Å². The fourth-order valence-electron chi connectivity index (χ4n) is 4.10. The lowest BCUT2D eigenvalue weighted by atomic mass is 10.1. The Labute approximate surface area is 250 Å². The van der Waals surface area contributed by atoms with Crippen LogP contribution in [0.3, 0.4) is 0 Å². The van der Waals surface area contributed by atoms with E-state index >= 15 is 0 Å². The van der Waals surface area contributed by atoms with Gasteiger partial charge in [0.05, 0.1) is 6.54 Å². The molecule has 0 bridgehead atoms. The topological polar surface area (TPSA) is 64.1 Å². The molecule has 2 aromatic rings. The third-order valence-corrected chi connectivity index (χ3v) is 6.58. The van der Waals surface area contributed by atoms with E-state index in [2.05, 4.69) is 82.7 Å². The third kappa shape index (κ3) is 20.9. The summed E-state index contributed by atoms with van der Waals surface area (Å²) in [5, 5.41) is 8.48. The van der Waals surface area contributed by atoms with Gasteiger partial charge in [0.25, 0.3) is 0 Å². The average Bonchev–Trinajstić information content (AvgIpc) is 3.37. The molecule has 2 fully saturated rings. The van der Waals surface area contributed by atoms with E-state index in [1.54, 1.807) is 19.1 Å². The van der Waals surface area contributed by atoms with E-state index in [1.807, 2.05) is 31.6 Å². The Bertz CT molecular complexity index is 903. The van der Waals surface area contributed by atoms with Gasteiger partial charge in [-0.15, -0.1) is 0 Å². The fraction of sp³-hybridized carbons (Fsp3) is 0.588. The SMILES string of the molecule is C=O.CC.CC1CCN(C(C)(C)C)C1.CN1CCN(CC(=O)O)CC1.Cc1cccc(C)c1.Cc1ccccc1F. The van der Waals surface area contributed by atoms with Crippen molar-refractivity contribution in [3.63, 3.8) is 0 Å². The summed E-state index contributed by atoms with van der Waals surface area (Å²) in [6, 6.07) is 15.1. The predicted molar refractivity (Wildman–Crippen MR) is 172 cm³/mol. The first-order chi connectivity index (χ1) is 19.3. The van der Waals surface area contributed by atoms with Gasteiger partial charge in [-0.05, 0) is 79.1 Å². The molecule has 2 aromatic carbocycles. The summed E-state index contributed by atoms with van der Waals surface area (Å²) in [5.41, 5.74) is 3.77. The second-order valence-electron chi connectivity index (χ2n) is 11.4. The minimum absolute atomic E-state index is 0.132. The molecule has 7 heteroatoms. The molecule has 41 heavy (non-hydrogen) atoms. The van der Waals surface area contributed by atoms with Gasteiger partial charge in [0, 0.05) is 38.3 Å². The monoisotopic (exact) mass is 575 g/mol. The summed E-state index contributed by atoms with van der Waals surface area (Å²) < 4.78 is 12.3. The number of nitrogens with zero attached hydrogens (tertiary/aromatic N) is 3. The maximum atomic E-state index is 12.3. The number of carboxylic acid groups (broad SMARTS) is 1. The number of benzene rings is 2. The minimum atomic E-state index is -0.727. The fourth-order valence-corrected chi connectivity index (χ4v) is 4.10. The molecule has 0 aliphatic carbocycles. The van der Waals surface area contributed by atoms with Crippen LogP contribution in [0.2, 0.25) is 0 Å². The molecule has 1 unspecified atom stereocenters. The van der Waals surface area contributed by atoms with Crippen LogP contribution in [0.4, 0.5) is 4.39 Å². The first kappa shape index (κ1) is 40.5. The zero-order valence-corrected chi connectivity index (χ0v) is 27.5. The van der Waals surface area contributed by atoms with Crippen LogP contribution in [0.5, 0.6) is 0 Å². The molecule has 0 aromatic heterocycles. The molecule has 0 amide bonds. The lowest BCUT2D eigenvalue weighted by Crippen LogP contribution is -2.46. The van der Waals surface area contributed by atoms with Crippen molar-refractivity contribution >= 4 is 12.8 Å². The highest BCUT2D eigenvalue weighted by Crippen LogP contribution is 2.23. The number of likely N-dealkylation sites (N-methyl/N-ethyl adjacent to an activating group) is 1. The lowest BCUT2D eigenvalue weighted by Gasteiger charge is -2.31. The molecule has 234 valence electrons. The van der Waals surface area contributed by atoms with Gasteiger partial charge in [-0.1, -0.05) is 74.4 Å². The van der Waals surface area contributed by atoms with Crippen LogP contribution in [0.15, 0.2) is 48.5 Å². The number of likely N-dealkylation sites (tertiary alicyclic amines) is 1. The predicted octanol–water partition coefficient (Wildman–Crippen LogP) is 6.72. The summed E-state index contributed by atoms with van der Waals surface area (Å²) in [6.45, 7) is 27.7. The molecule has 1 N–H and O–H groups in total. The number of hydrogen-bond acceptors (Lipinski definition) is 5. The normalized spacial score (nSPS) is 16.9. The van der Waals surface area contributed by atoms with Gasteiger partial charge in [0.15, 0.2) is 0 Å². The maximum Gasteiger partial charge on any atom is 0.317 e. The molecule has 4 rings (SSSR count). The second kappa shape index (κ2) is 23.0. The Kier molecular flexibility index (Phi) is 22.7. The first-order valence-electron chi connectivity index (χ1n) is 14.7. The number of carbonyl (C=O) groups is 2. The molecule has 2 saturated heterocycles. The standard InChI is InChI=1S/C9H19N.C8H10.C7H7F.C7H14N2O2.C2H6.CH2O/c1-8-5-6-10(7-8)9(2,3)4;1-7-4-3-5-8(2)6-7;1-6-4-2-3-5-7(6)8;1-8-2-4-9(5-3-8)6-7(10)11;2*1-2/h8H,5-7H2,1-4H3;3-6H,1-2H3;2-5H,1H3;2-6H2,1H3,(H,10,11);1-2H3;1H2. The quantitative estimate of drug-likeness (QED) is 0.429. The van der Waals surface area contributed by atoms with Crippen LogP contribution in [-0.4, -0.2) is 91.0 Å². The van der Waals surface area contributed by atoms with Crippen molar-refractivity contribution in [1.29, 1.82) is 0 Å². The van der Waals surface area contributed by atoms with Crippen LogP contribution in [-0.2, 0) is 9.59 Å². The Hall–Kier alpha value is -2.61. The van der Waals surface area contributed by atoms with Crippen molar-refractivity contribution in [1.82, 2.24) is 14.7 Å². The number of carbonyl (C=O) groups excluding carboxylic acids is 1. The number of halogens is 1. The maximum absolute atomic E-state index is 12.3. The number of carboxylic acids is 1. The highest BCUT2D eigenvalue weighted by Gasteiger charge is 2.27. The molecule has 6 nitrogen and oxygen atoms in total. The smallest absolute Gasteiger partial charge is 0.317 e. The van der Waals surface area contributed by atoms with Crippen LogP contribution >= 0.6 is 0 Å². The highest BCUT2D eigenvalue weighted by atomic mass is 19.1. The van der Waals surface area contributed by atoms with E-state index in [1.165, 1.54) is 36.7 Å². The van der Waals surface area contributed by atoms with Crippen molar-refractivity contribution in [3.05, 3.63) is 71.0 Å². The summed E-state index contributed by atoms with van der Waals surface area (Å²) >= 11 is 0. The van der Waals surface area contributed by atoms with Gasteiger partial charge in [0.1, 0.15) is 12.6 Å². The number of rotatable bonds is 2. The number of hydrogen-bond donors (Lipinski definition) is 1. The van der Waals surface area contributed by atoms with Crippen molar-refractivity contribution in [2.45, 2.75) is 74.3 Å². The van der Waals surface area contributed by atoms with Gasteiger partial charge in [-0.25, -0.2) is 4.39 Å². The van der Waals surface area contributed by atoms with Crippen molar-refractivity contribution < 1.29 is 19.1 Å². The Morgan fingerprint density at radius 3 is 1.73 bits per heavy atom. The summed E-state index contributed by atoms with van der Waals surface area (Å²) in [4.78, 5) is 25.0. The Balaban J connectivity index is 0. The number of aliphatic carboxylic acids is 1. The third-order valence-electron chi connectivity index (χ3n) is 6.58. The molecule has 2 aliphatic rings. The van der Waals surface area contributed by atoms with Gasteiger partial charge < -0.3 is 14.8 Å². The lowest BCUT2D eigenvalue weighted by molar-refractivity contribution is -0.138. The van der Waals surface area contributed by atoms with Crippen LogP contribution in [0.1, 0.15) is 64.7 Å². The van der Waals surface area contributed by atoms with E-state index in [4.69, 9.17) is 9.90 Å². The van der Waals surface area contributed by atoms with Crippen LogP contribution in [0.25, 0.3) is 0 Å². The minimum Gasteiger partial charge on any atom is -0.480 e. The van der Waals surface area contributed by atoms with E-state index in [0.29, 0.717) is 11.1 Å². The molecule has 1 atom stereocenters. The van der Waals surface area contributed by atoms with Crippen molar-refractivity contribution in [3.8, 4) is 0 Å². The van der Waals surface area contributed by atoms with Crippen LogP contribution in [0, 0.1) is 32.5 Å². The summed E-state index contributed by atoms with van der Waals surface area (Å²) in [7, 11) is 2.05. The average molecular weight is 576 g/mol. The van der Waals surface area contributed by atoms with E-state index in [-0.39, 0.29) is 12.4 Å². The molecule has 0 spiro atoms. The van der Waals surface area contributed by atoms with Crippen molar-refractivity contribution in [2.75, 3.05) is 52.9 Å². The van der Waals surface area contributed by atoms with E-state index < -0.39 is 5.97 Å². The van der Waals surface area contributed by atoms with E-state index in [0.717, 1.165) is 32.1 Å². The summed E-state index contributed by atoms with van der Waals surface area (Å²) in [5.74, 6) is 0.0567. The molecule has 2 heterocycles. The zero-order valence-electron chi connectivity index (χ0n) is 27.5. The Morgan fingerprint density at radius 1 is 0.927 bits per heavy atom. The van der Waals surface area contributed by atoms with Gasteiger partial charge in [0.2, 0.25) is 0 Å². The van der Waals surface area contributed by atoms with E-state index in [9.17, 15) is 9.18 Å². The zero-order chi connectivity index (χ0) is 32.0. The molecule has 0 radical (unpaired) electrons. The van der Waals surface area contributed by atoms with Gasteiger partial charge >= 0.3 is 5.97 Å². The highest BCUT2D eigenvalue weighted by molar-refractivity contribution is 5.69. The first-order valence-corrected chi connectivity index (χ1v) is 14.7.